The van der Waals surface area contributed by atoms with Crippen LogP contribution in [-0.4, -0.2) is 16.1 Å². The minimum absolute atomic E-state index is 0.649. The summed E-state index contributed by atoms with van der Waals surface area (Å²) in [6.45, 7) is 0. The van der Waals surface area contributed by atoms with E-state index < -0.39 is 0 Å². The zero-order chi connectivity index (χ0) is 10.4. The monoisotopic (exact) mass is 200 g/mol. The van der Waals surface area contributed by atoms with Crippen LogP contribution in [0.5, 0.6) is 0 Å². The molecule has 3 rings (SSSR count). The van der Waals surface area contributed by atoms with Gasteiger partial charge in [0.25, 0.3) is 0 Å². The van der Waals surface area contributed by atoms with Gasteiger partial charge in [-0.15, -0.1) is 0 Å². The molecule has 0 radical (unpaired) electrons. The summed E-state index contributed by atoms with van der Waals surface area (Å²) in [4.78, 5) is 10.7. The van der Waals surface area contributed by atoms with E-state index in [1.54, 1.807) is 0 Å². The average Bonchev–Trinajstić information content (AvgIpc) is 3.05. The lowest BCUT2D eigenvalue weighted by molar-refractivity contribution is 0.112. The SMILES string of the molecule is Cn1nc(C2CC2)c2ccc(C=O)cc21. The van der Waals surface area contributed by atoms with Crippen molar-refractivity contribution in [1.82, 2.24) is 9.78 Å². The molecule has 1 aromatic heterocycles. The number of nitrogens with zero attached hydrogens (tertiary/aromatic N) is 2. The minimum atomic E-state index is 0.649. The van der Waals surface area contributed by atoms with E-state index in [9.17, 15) is 4.79 Å². The van der Waals surface area contributed by atoms with Crippen LogP contribution in [0, 0.1) is 0 Å². The molecule has 2 aromatic rings. The van der Waals surface area contributed by atoms with E-state index in [1.165, 1.54) is 23.9 Å². The minimum Gasteiger partial charge on any atom is -0.298 e. The van der Waals surface area contributed by atoms with Gasteiger partial charge in [0.1, 0.15) is 6.29 Å². The number of carbonyl (C=O) groups is 1. The summed E-state index contributed by atoms with van der Waals surface area (Å²) in [5.41, 5.74) is 2.97. The Balaban J connectivity index is 2.28. The Morgan fingerprint density at radius 3 is 2.93 bits per heavy atom. The standard InChI is InChI=1S/C12H12N2O/c1-14-11-6-8(7-15)2-5-10(11)12(13-14)9-3-4-9/h2,5-7,9H,3-4H2,1H3. The molecule has 0 bridgehead atoms. The van der Waals surface area contributed by atoms with Crippen molar-refractivity contribution in [2.75, 3.05) is 0 Å². The predicted molar refractivity (Wildman–Crippen MR) is 58.1 cm³/mol. The lowest BCUT2D eigenvalue weighted by Crippen LogP contribution is -1.90. The molecular formula is C12H12N2O. The van der Waals surface area contributed by atoms with E-state index >= 15 is 0 Å². The number of benzene rings is 1. The van der Waals surface area contributed by atoms with Gasteiger partial charge >= 0.3 is 0 Å². The Hall–Kier alpha value is -1.64. The van der Waals surface area contributed by atoms with Gasteiger partial charge in [0.2, 0.25) is 0 Å². The molecule has 1 aliphatic rings. The zero-order valence-corrected chi connectivity index (χ0v) is 8.60. The van der Waals surface area contributed by atoms with Crippen LogP contribution in [0.1, 0.15) is 34.8 Å². The zero-order valence-electron chi connectivity index (χ0n) is 8.60. The normalized spacial score (nSPS) is 15.8. The van der Waals surface area contributed by atoms with Crippen molar-refractivity contribution in [3.8, 4) is 0 Å². The van der Waals surface area contributed by atoms with Crippen LogP contribution in [-0.2, 0) is 7.05 Å². The second-order valence-corrected chi connectivity index (χ2v) is 4.18. The van der Waals surface area contributed by atoms with Crippen molar-refractivity contribution in [1.29, 1.82) is 0 Å². The van der Waals surface area contributed by atoms with Gasteiger partial charge in [0, 0.05) is 23.9 Å². The first-order valence-corrected chi connectivity index (χ1v) is 5.21. The number of carbonyl (C=O) groups excluding carboxylic acids is 1. The number of aromatic nitrogens is 2. The molecule has 0 unspecified atom stereocenters. The van der Waals surface area contributed by atoms with Crippen LogP contribution in [0.2, 0.25) is 0 Å². The fourth-order valence-corrected chi connectivity index (χ4v) is 2.03. The summed E-state index contributed by atoms with van der Waals surface area (Å²) < 4.78 is 1.87. The summed E-state index contributed by atoms with van der Waals surface area (Å²) in [6.07, 6.45) is 3.38. The number of aryl methyl sites for hydroxylation is 1. The third kappa shape index (κ3) is 1.27. The van der Waals surface area contributed by atoms with Crippen molar-refractivity contribution in [3.05, 3.63) is 29.5 Å². The first-order chi connectivity index (χ1) is 7.29. The van der Waals surface area contributed by atoms with E-state index in [2.05, 4.69) is 5.10 Å². The summed E-state index contributed by atoms with van der Waals surface area (Å²) in [6, 6.07) is 5.78. The molecule has 1 saturated carbocycles. The lowest BCUT2D eigenvalue weighted by atomic mass is 10.1. The van der Waals surface area contributed by atoms with E-state index in [1.807, 2.05) is 29.9 Å². The number of hydrogen-bond donors (Lipinski definition) is 0. The molecule has 76 valence electrons. The molecule has 3 nitrogen and oxygen atoms in total. The molecule has 1 fully saturated rings. The van der Waals surface area contributed by atoms with Gasteiger partial charge in [-0.1, -0.05) is 12.1 Å². The molecule has 1 aromatic carbocycles. The van der Waals surface area contributed by atoms with Crippen molar-refractivity contribution in [2.45, 2.75) is 18.8 Å². The maximum atomic E-state index is 10.7. The maximum Gasteiger partial charge on any atom is 0.150 e. The lowest BCUT2D eigenvalue weighted by Gasteiger charge is -1.94. The van der Waals surface area contributed by atoms with E-state index in [-0.39, 0.29) is 0 Å². The molecule has 0 saturated heterocycles. The number of fused-ring (bicyclic) bond motifs is 1. The van der Waals surface area contributed by atoms with Crippen LogP contribution < -0.4 is 0 Å². The molecule has 0 spiro atoms. The van der Waals surface area contributed by atoms with E-state index in [4.69, 9.17) is 0 Å². The Morgan fingerprint density at radius 1 is 1.47 bits per heavy atom. The smallest absolute Gasteiger partial charge is 0.150 e. The topological polar surface area (TPSA) is 34.9 Å². The van der Waals surface area contributed by atoms with Crippen LogP contribution in [0.25, 0.3) is 10.9 Å². The van der Waals surface area contributed by atoms with E-state index in [0.29, 0.717) is 11.5 Å². The molecule has 0 N–H and O–H groups in total. The van der Waals surface area contributed by atoms with Gasteiger partial charge in [-0.25, -0.2) is 0 Å². The molecule has 0 amide bonds. The fourth-order valence-electron chi connectivity index (χ4n) is 2.03. The van der Waals surface area contributed by atoms with Crippen molar-refractivity contribution in [2.24, 2.45) is 7.05 Å². The molecule has 0 atom stereocenters. The second kappa shape index (κ2) is 2.92. The Bertz CT molecular complexity index is 538. The Labute approximate surface area is 87.7 Å². The van der Waals surface area contributed by atoms with Gasteiger partial charge < -0.3 is 0 Å². The van der Waals surface area contributed by atoms with Gasteiger partial charge in [-0.05, 0) is 18.9 Å². The van der Waals surface area contributed by atoms with Crippen molar-refractivity contribution < 1.29 is 4.79 Å². The van der Waals surface area contributed by atoms with Gasteiger partial charge in [-0.2, -0.15) is 5.10 Å². The fraction of sp³-hybridized carbons (Fsp3) is 0.333. The summed E-state index contributed by atoms with van der Waals surface area (Å²) in [5.74, 6) is 0.649. The average molecular weight is 200 g/mol. The highest BCUT2D eigenvalue weighted by Gasteiger charge is 2.28. The first kappa shape index (κ1) is 8.65. The van der Waals surface area contributed by atoms with Crippen LogP contribution in [0.4, 0.5) is 0 Å². The largest absolute Gasteiger partial charge is 0.298 e. The van der Waals surface area contributed by atoms with Gasteiger partial charge in [0.05, 0.1) is 11.2 Å². The molecule has 15 heavy (non-hydrogen) atoms. The number of hydrogen-bond acceptors (Lipinski definition) is 2. The molecular weight excluding hydrogens is 188 g/mol. The van der Waals surface area contributed by atoms with Crippen LogP contribution in [0.15, 0.2) is 18.2 Å². The Morgan fingerprint density at radius 2 is 2.27 bits per heavy atom. The molecule has 0 aliphatic heterocycles. The predicted octanol–water partition coefficient (Wildman–Crippen LogP) is 2.26. The first-order valence-electron chi connectivity index (χ1n) is 5.21. The quantitative estimate of drug-likeness (QED) is 0.697. The second-order valence-electron chi connectivity index (χ2n) is 4.18. The highest BCUT2D eigenvalue weighted by molar-refractivity contribution is 5.88. The van der Waals surface area contributed by atoms with Crippen molar-refractivity contribution in [3.63, 3.8) is 0 Å². The van der Waals surface area contributed by atoms with Gasteiger partial charge in [-0.3, -0.25) is 9.48 Å². The highest BCUT2D eigenvalue weighted by atomic mass is 16.1. The van der Waals surface area contributed by atoms with Crippen molar-refractivity contribution >= 4 is 17.2 Å². The number of rotatable bonds is 2. The highest BCUT2D eigenvalue weighted by Crippen LogP contribution is 2.42. The molecule has 3 heteroatoms. The molecule has 1 heterocycles. The summed E-state index contributed by atoms with van der Waals surface area (Å²) in [7, 11) is 1.93. The summed E-state index contributed by atoms with van der Waals surface area (Å²) in [5, 5.41) is 5.73. The van der Waals surface area contributed by atoms with Gasteiger partial charge in [0.15, 0.2) is 0 Å². The Kier molecular flexibility index (Phi) is 1.69. The number of aldehydes is 1. The van der Waals surface area contributed by atoms with Crippen LogP contribution >= 0.6 is 0 Å². The van der Waals surface area contributed by atoms with Crippen LogP contribution in [0.3, 0.4) is 0 Å². The maximum absolute atomic E-state index is 10.7. The summed E-state index contributed by atoms with van der Waals surface area (Å²) >= 11 is 0. The third-order valence-electron chi connectivity index (χ3n) is 3.00. The van der Waals surface area contributed by atoms with E-state index in [0.717, 1.165) is 11.8 Å². The third-order valence-corrected chi connectivity index (χ3v) is 3.00. The molecule has 1 aliphatic carbocycles.